The Labute approximate surface area is 219 Å². The zero-order chi connectivity index (χ0) is 25.3. The third kappa shape index (κ3) is 4.25. The highest BCUT2D eigenvalue weighted by Gasteiger charge is 2.17. The molecular formula is C30H25N7O. The molecule has 1 aromatic carbocycles. The molecule has 1 fully saturated rings. The predicted octanol–water partition coefficient (Wildman–Crippen LogP) is 5.43. The van der Waals surface area contributed by atoms with Crippen molar-refractivity contribution >= 4 is 21.8 Å². The number of H-pyrrole nitrogens is 1. The van der Waals surface area contributed by atoms with Crippen molar-refractivity contribution in [1.29, 1.82) is 0 Å². The zero-order valence-electron chi connectivity index (χ0n) is 20.6. The lowest BCUT2D eigenvalue weighted by atomic mass is 10.1. The van der Waals surface area contributed by atoms with Gasteiger partial charge in [-0.15, -0.1) is 0 Å². The van der Waals surface area contributed by atoms with E-state index >= 15 is 0 Å². The van der Waals surface area contributed by atoms with Crippen LogP contribution in [0.2, 0.25) is 0 Å². The molecule has 0 saturated carbocycles. The summed E-state index contributed by atoms with van der Waals surface area (Å²) in [4.78, 5) is 26.4. The Hall–Kier alpha value is -4.69. The minimum atomic E-state index is 0.204. The molecule has 1 aliphatic rings. The molecule has 2 N–H and O–H groups in total. The van der Waals surface area contributed by atoms with Crippen molar-refractivity contribution in [3.63, 3.8) is 0 Å². The Bertz CT molecular complexity index is 1740. The minimum absolute atomic E-state index is 0.204. The van der Waals surface area contributed by atoms with Gasteiger partial charge in [-0.1, -0.05) is 18.2 Å². The SMILES string of the molecule is c1ccc(-c2cccc3[nH]c(-c4ncnc5cnc(-c6cncc(OC7CCNCC7)c6)cc45)cc23)nc1. The van der Waals surface area contributed by atoms with Crippen LogP contribution in [0.15, 0.2) is 85.7 Å². The van der Waals surface area contributed by atoms with E-state index in [1.807, 2.05) is 48.8 Å². The molecule has 0 atom stereocenters. The minimum Gasteiger partial charge on any atom is -0.489 e. The van der Waals surface area contributed by atoms with Crippen molar-refractivity contribution in [2.24, 2.45) is 0 Å². The first-order valence-electron chi connectivity index (χ1n) is 12.8. The van der Waals surface area contributed by atoms with Gasteiger partial charge in [0.25, 0.3) is 0 Å². The number of aromatic nitrogens is 6. The van der Waals surface area contributed by atoms with Crippen molar-refractivity contribution < 1.29 is 4.74 Å². The smallest absolute Gasteiger partial charge is 0.138 e. The van der Waals surface area contributed by atoms with E-state index in [2.05, 4.69) is 53.4 Å². The molecule has 1 aliphatic heterocycles. The van der Waals surface area contributed by atoms with Crippen LogP contribution in [0.5, 0.6) is 5.75 Å². The molecule has 0 amide bonds. The average molecular weight is 500 g/mol. The van der Waals surface area contributed by atoms with Crippen molar-refractivity contribution in [2.45, 2.75) is 18.9 Å². The lowest BCUT2D eigenvalue weighted by molar-refractivity contribution is 0.162. The second-order valence-electron chi connectivity index (χ2n) is 9.45. The van der Waals surface area contributed by atoms with Crippen LogP contribution in [0.1, 0.15) is 12.8 Å². The van der Waals surface area contributed by atoms with Crippen LogP contribution >= 0.6 is 0 Å². The maximum Gasteiger partial charge on any atom is 0.138 e. The number of nitrogens with one attached hydrogen (secondary N) is 2. The van der Waals surface area contributed by atoms with Crippen molar-refractivity contribution in [1.82, 2.24) is 35.2 Å². The van der Waals surface area contributed by atoms with Gasteiger partial charge in [-0.2, -0.15) is 0 Å². The number of pyridine rings is 3. The third-order valence-corrected chi connectivity index (χ3v) is 6.98. The van der Waals surface area contributed by atoms with Crippen LogP contribution in [0.25, 0.3) is 55.7 Å². The van der Waals surface area contributed by atoms with Crippen molar-refractivity contribution in [2.75, 3.05) is 13.1 Å². The number of rotatable bonds is 5. The van der Waals surface area contributed by atoms with E-state index in [4.69, 9.17) is 4.74 Å². The first-order valence-corrected chi connectivity index (χ1v) is 12.8. The highest BCUT2D eigenvalue weighted by Crippen LogP contribution is 2.34. The number of aromatic amines is 1. The first kappa shape index (κ1) is 22.5. The fourth-order valence-electron chi connectivity index (χ4n) is 5.09. The number of nitrogens with zero attached hydrogens (tertiary/aromatic N) is 5. The molecule has 186 valence electrons. The second kappa shape index (κ2) is 9.64. The van der Waals surface area contributed by atoms with E-state index in [0.29, 0.717) is 0 Å². The third-order valence-electron chi connectivity index (χ3n) is 6.98. The molecule has 8 nitrogen and oxygen atoms in total. The number of ether oxygens (including phenoxy) is 1. The molecule has 0 spiro atoms. The Morgan fingerprint density at radius 1 is 0.789 bits per heavy atom. The van der Waals surface area contributed by atoms with Crippen LogP contribution in [-0.4, -0.2) is 49.1 Å². The largest absolute Gasteiger partial charge is 0.489 e. The standard InChI is InChI=1S/C30H25N7O/c1-2-9-33-25(5-1)22-4-3-6-26-23(22)13-28(37-26)30-24-14-27(34-17-29(24)35-18-36-30)19-12-21(16-32-15-19)38-20-7-10-31-11-8-20/h1-6,9,12-18,20,31,37H,7-8,10-11H2. The summed E-state index contributed by atoms with van der Waals surface area (Å²) in [6, 6.07) is 18.3. The van der Waals surface area contributed by atoms with Crippen LogP contribution in [-0.2, 0) is 0 Å². The van der Waals surface area contributed by atoms with Gasteiger partial charge < -0.3 is 15.0 Å². The fourth-order valence-corrected chi connectivity index (χ4v) is 5.09. The molecule has 0 bridgehead atoms. The number of hydrogen-bond donors (Lipinski definition) is 2. The molecule has 38 heavy (non-hydrogen) atoms. The first-order chi connectivity index (χ1) is 18.8. The normalized spacial score (nSPS) is 14.2. The van der Waals surface area contributed by atoms with E-state index in [9.17, 15) is 0 Å². The maximum absolute atomic E-state index is 6.21. The van der Waals surface area contributed by atoms with Crippen LogP contribution in [0.4, 0.5) is 0 Å². The van der Waals surface area contributed by atoms with Crippen LogP contribution in [0, 0.1) is 0 Å². The molecule has 0 aliphatic carbocycles. The summed E-state index contributed by atoms with van der Waals surface area (Å²) in [6.07, 6.45) is 11.0. The molecule has 0 unspecified atom stereocenters. The van der Waals surface area contributed by atoms with Crippen LogP contribution in [0.3, 0.4) is 0 Å². The van der Waals surface area contributed by atoms with E-state index in [1.54, 1.807) is 18.7 Å². The zero-order valence-corrected chi connectivity index (χ0v) is 20.6. The van der Waals surface area contributed by atoms with Crippen LogP contribution < -0.4 is 10.1 Å². The van der Waals surface area contributed by atoms with Gasteiger partial charge in [0.15, 0.2) is 0 Å². The molecule has 7 rings (SSSR count). The summed E-state index contributed by atoms with van der Waals surface area (Å²) in [5.74, 6) is 0.763. The molecule has 1 saturated heterocycles. The van der Waals surface area contributed by atoms with E-state index in [1.165, 1.54) is 0 Å². The van der Waals surface area contributed by atoms with E-state index in [0.717, 1.165) is 87.4 Å². The summed E-state index contributed by atoms with van der Waals surface area (Å²) in [5.41, 5.74) is 7.22. The number of fused-ring (bicyclic) bond motifs is 2. The Morgan fingerprint density at radius 3 is 2.63 bits per heavy atom. The average Bonchev–Trinajstić information content (AvgIpc) is 3.42. The number of benzene rings is 1. The Balaban J connectivity index is 1.28. The lowest BCUT2D eigenvalue weighted by Crippen LogP contribution is -2.34. The van der Waals surface area contributed by atoms with Gasteiger partial charge in [-0.05, 0) is 62.3 Å². The summed E-state index contributed by atoms with van der Waals surface area (Å²) in [5, 5.41) is 5.37. The predicted molar refractivity (Wildman–Crippen MR) is 148 cm³/mol. The lowest BCUT2D eigenvalue weighted by Gasteiger charge is -2.23. The van der Waals surface area contributed by atoms with Gasteiger partial charge in [0.2, 0.25) is 0 Å². The highest BCUT2D eigenvalue weighted by molar-refractivity contribution is 6.00. The monoisotopic (exact) mass is 499 g/mol. The summed E-state index contributed by atoms with van der Waals surface area (Å²) in [7, 11) is 0. The second-order valence-corrected chi connectivity index (χ2v) is 9.45. The fraction of sp³-hybridized carbons (Fsp3) is 0.167. The van der Waals surface area contributed by atoms with Gasteiger partial charge in [-0.25, -0.2) is 9.97 Å². The van der Waals surface area contributed by atoms with Gasteiger partial charge in [0, 0.05) is 39.8 Å². The van der Waals surface area contributed by atoms with E-state index in [-0.39, 0.29) is 6.10 Å². The summed E-state index contributed by atoms with van der Waals surface area (Å²) >= 11 is 0. The van der Waals surface area contributed by atoms with Gasteiger partial charge >= 0.3 is 0 Å². The molecule has 6 heterocycles. The summed E-state index contributed by atoms with van der Waals surface area (Å²) in [6.45, 7) is 1.95. The topological polar surface area (TPSA) is 102 Å². The van der Waals surface area contributed by atoms with Crippen molar-refractivity contribution in [3.05, 3.63) is 85.7 Å². The molecule has 8 heteroatoms. The molecule has 0 radical (unpaired) electrons. The van der Waals surface area contributed by atoms with Crippen molar-refractivity contribution in [3.8, 4) is 39.7 Å². The Morgan fingerprint density at radius 2 is 1.74 bits per heavy atom. The maximum atomic E-state index is 6.21. The molecule has 6 aromatic rings. The molecular weight excluding hydrogens is 474 g/mol. The summed E-state index contributed by atoms with van der Waals surface area (Å²) < 4.78 is 6.21. The van der Waals surface area contributed by atoms with Gasteiger partial charge in [0.1, 0.15) is 18.2 Å². The Kier molecular flexibility index (Phi) is 5.71. The number of hydrogen-bond acceptors (Lipinski definition) is 7. The quantitative estimate of drug-likeness (QED) is 0.326. The van der Waals surface area contributed by atoms with Gasteiger partial charge in [0.05, 0.1) is 40.7 Å². The number of piperidine rings is 1. The highest BCUT2D eigenvalue weighted by atomic mass is 16.5. The van der Waals surface area contributed by atoms with E-state index < -0.39 is 0 Å². The van der Waals surface area contributed by atoms with Gasteiger partial charge in [-0.3, -0.25) is 15.0 Å². The molecule has 5 aromatic heterocycles.